The lowest BCUT2D eigenvalue weighted by Crippen LogP contribution is -2.23. The van der Waals surface area contributed by atoms with Crippen LogP contribution in [-0.4, -0.2) is 41.6 Å². The number of amides is 1. The van der Waals surface area contributed by atoms with E-state index in [-0.39, 0.29) is 18.1 Å². The second-order valence-corrected chi connectivity index (χ2v) is 4.94. The summed E-state index contributed by atoms with van der Waals surface area (Å²) in [6.45, 7) is -0.250. The zero-order valence-electron chi connectivity index (χ0n) is 13.1. The number of hydrogen-bond acceptors (Lipinski definition) is 4. The molecule has 0 aliphatic heterocycles. The summed E-state index contributed by atoms with van der Waals surface area (Å²) < 4.78 is 0. The highest BCUT2D eigenvalue weighted by Crippen LogP contribution is 2.19. The van der Waals surface area contributed by atoms with Crippen molar-refractivity contribution in [3.63, 3.8) is 0 Å². The lowest BCUT2D eigenvalue weighted by molar-refractivity contribution is -0.128. The average Bonchev–Trinajstić information content (AvgIpc) is 2.52. The molecule has 0 atom stereocenters. The van der Waals surface area contributed by atoms with Gasteiger partial charge < -0.3 is 20.4 Å². The van der Waals surface area contributed by atoms with Crippen LogP contribution in [-0.2, 0) is 16.0 Å². The van der Waals surface area contributed by atoms with E-state index in [1.54, 1.807) is 43.3 Å². The standard InChI is InChI=1S/C16H18N2O2.CH2O2/c1-18(2)16(20)11-12-3-5-13(6-4-12)17-14-7-9-15(19)10-8-14;2-1-3/h3-10,17,19H,11H2,1-2H3;1H,(H,2,3). The van der Waals surface area contributed by atoms with Crippen molar-refractivity contribution in [3.8, 4) is 5.75 Å². The molecule has 1 amide bonds. The Bertz CT molecular complexity index is 622. The molecule has 0 unspecified atom stereocenters. The van der Waals surface area contributed by atoms with Gasteiger partial charge in [-0.2, -0.15) is 0 Å². The van der Waals surface area contributed by atoms with Crippen LogP contribution in [0.1, 0.15) is 5.56 Å². The van der Waals surface area contributed by atoms with Crippen molar-refractivity contribution in [1.29, 1.82) is 0 Å². The molecule has 2 aromatic carbocycles. The third-order valence-corrected chi connectivity index (χ3v) is 2.96. The number of nitrogens with zero attached hydrogens (tertiary/aromatic N) is 1. The molecular weight excluding hydrogens is 296 g/mol. The van der Waals surface area contributed by atoms with Gasteiger partial charge in [-0.1, -0.05) is 12.1 Å². The second-order valence-electron chi connectivity index (χ2n) is 4.94. The zero-order valence-corrected chi connectivity index (χ0v) is 13.1. The van der Waals surface area contributed by atoms with Gasteiger partial charge in [0.2, 0.25) is 5.91 Å². The normalized spacial score (nSPS) is 9.30. The van der Waals surface area contributed by atoms with E-state index in [1.807, 2.05) is 24.3 Å². The summed E-state index contributed by atoms with van der Waals surface area (Å²) in [6.07, 6.45) is 0.409. The molecule has 122 valence electrons. The summed E-state index contributed by atoms with van der Waals surface area (Å²) in [7, 11) is 3.51. The molecule has 0 spiro atoms. The zero-order chi connectivity index (χ0) is 17.2. The first kappa shape index (κ1) is 18.0. The van der Waals surface area contributed by atoms with Gasteiger partial charge in [-0.05, 0) is 42.0 Å². The van der Waals surface area contributed by atoms with Crippen LogP contribution >= 0.6 is 0 Å². The number of carbonyl (C=O) groups is 2. The van der Waals surface area contributed by atoms with E-state index in [9.17, 15) is 9.90 Å². The number of rotatable bonds is 4. The number of aromatic hydroxyl groups is 1. The maximum Gasteiger partial charge on any atom is 0.290 e. The summed E-state index contributed by atoms with van der Waals surface area (Å²) >= 11 is 0. The Labute approximate surface area is 135 Å². The monoisotopic (exact) mass is 316 g/mol. The first-order chi connectivity index (χ1) is 11.0. The van der Waals surface area contributed by atoms with E-state index in [1.165, 1.54) is 0 Å². The fourth-order valence-corrected chi connectivity index (χ4v) is 1.75. The van der Waals surface area contributed by atoms with E-state index in [2.05, 4.69) is 5.32 Å². The third kappa shape index (κ3) is 6.52. The first-order valence-corrected chi connectivity index (χ1v) is 6.89. The average molecular weight is 316 g/mol. The minimum Gasteiger partial charge on any atom is -0.508 e. The van der Waals surface area contributed by atoms with Crippen molar-refractivity contribution in [1.82, 2.24) is 4.90 Å². The molecule has 0 aliphatic carbocycles. The van der Waals surface area contributed by atoms with Crippen molar-refractivity contribution in [2.45, 2.75) is 6.42 Å². The summed E-state index contributed by atoms with van der Waals surface area (Å²) in [5.41, 5.74) is 2.83. The van der Waals surface area contributed by atoms with E-state index < -0.39 is 0 Å². The Morgan fingerprint density at radius 2 is 1.48 bits per heavy atom. The Balaban J connectivity index is 0.000000816. The van der Waals surface area contributed by atoms with E-state index in [0.717, 1.165) is 16.9 Å². The molecular formula is C17H20N2O4. The largest absolute Gasteiger partial charge is 0.508 e. The topological polar surface area (TPSA) is 89.9 Å². The highest BCUT2D eigenvalue weighted by atomic mass is 16.3. The predicted octanol–water partition coefficient (Wildman–Crippen LogP) is 2.47. The number of carboxylic acid groups (broad SMARTS) is 1. The maximum atomic E-state index is 11.6. The van der Waals surface area contributed by atoms with Gasteiger partial charge in [0.05, 0.1) is 6.42 Å². The molecule has 0 fully saturated rings. The van der Waals surface area contributed by atoms with Crippen molar-refractivity contribution in [2.24, 2.45) is 0 Å². The van der Waals surface area contributed by atoms with Crippen LogP contribution in [0.3, 0.4) is 0 Å². The van der Waals surface area contributed by atoms with Crippen LogP contribution in [0, 0.1) is 0 Å². The number of benzene rings is 2. The molecule has 0 saturated heterocycles. The van der Waals surface area contributed by atoms with Gasteiger partial charge >= 0.3 is 0 Å². The van der Waals surface area contributed by atoms with Crippen molar-refractivity contribution in [2.75, 3.05) is 19.4 Å². The molecule has 0 saturated carbocycles. The van der Waals surface area contributed by atoms with Crippen molar-refractivity contribution in [3.05, 3.63) is 54.1 Å². The van der Waals surface area contributed by atoms with Crippen LogP contribution in [0.4, 0.5) is 11.4 Å². The number of anilines is 2. The lowest BCUT2D eigenvalue weighted by Gasteiger charge is -2.11. The van der Waals surface area contributed by atoms with Gasteiger partial charge in [0, 0.05) is 25.5 Å². The Morgan fingerprint density at radius 3 is 1.91 bits per heavy atom. The van der Waals surface area contributed by atoms with E-state index in [4.69, 9.17) is 9.90 Å². The molecule has 6 heteroatoms. The fraction of sp³-hybridized carbons (Fsp3) is 0.176. The lowest BCUT2D eigenvalue weighted by atomic mass is 10.1. The molecule has 0 bridgehead atoms. The molecule has 23 heavy (non-hydrogen) atoms. The molecule has 2 aromatic rings. The van der Waals surface area contributed by atoms with Crippen LogP contribution < -0.4 is 5.32 Å². The predicted molar refractivity (Wildman–Crippen MR) is 88.9 cm³/mol. The van der Waals surface area contributed by atoms with Gasteiger partial charge in [-0.25, -0.2) is 0 Å². The Morgan fingerprint density at radius 1 is 1.04 bits per heavy atom. The van der Waals surface area contributed by atoms with Crippen LogP contribution in [0.5, 0.6) is 5.75 Å². The second kappa shape index (κ2) is 9.09. The maximum absolute atomic E-state index is 11.6. The van der Waals surface area contributed by atoms with Crippen LogP contribution in [0.15, 0.2) is 48.5 Å². The third-order valence-electron chi connectivity index (χ3n) is 2.96. The number of carbonyl (C=O) groups excluding carboxylic acids is 1. The smallest absolute Gasteiger partial charge is 0.290 e. The van der Waals surface area contributed by atoms with Gasteiger partial charge in [0.25, 0.3) is 6.47 Å². The summed E-state index contributed by atoms with van der Waals surface area (Å²) in [5, 5.41) is 19.3. The van der Waals surface area contributed by atoms with E-state index >= 15 is 0 Å². The summed E-state index contributed by atoms with van der Waals surface area (Å²) in [4.78, 5) is 21.6. The minimum absolute atomic E-state index is 0.0873. The molecule has 0 aromatic heterocycles. The minimum atomic E-state index is -0.250. The fourth-order valence-electron chi connectivity index (χ4n) is 1.75. The van der Waals surface area contributed by atoms with Crippen molar-refractivity contribution >= 4 is 23.8 Å². The molecule has 3 N–H and O–H groups in total. The van der Waals surface area contributed by atoms with E-state index in [0.29, 0.717) is 6.42 Å². The quantitative estimate of drug-likeness (QED) is 0.595. The van der Waals surface area contributed by atoms with Crippen LogP contribution in [0.25, 0.3) is 0 Å². The Hall–Kier alpha value is -3.02. The molecule has 0 heterocycles. The number of hydrogen-bond donors (Lipinski definition) is 3. The molecule has 6 nitrogen and oxygen atoms in total. The number of phenols is 1. The highest BCUT2D eigenvalue weighted by Gasteiger charge is 2.05. The number of nitrogens with one attached hydrogen (secondary N) is 1. The number of phenolic OH excluding ortho intramolecular Hbond substituents is 1. The van der Waals surface area contributed by atoms with Gasteiger partial charge in [0.15, 0.2) is 0 Å². The van der Waals surface area contributed by atoms with Gasteiger partial charge in [0.1, 0.15) is 5.75 Å². The first-order valence-electron chi connectivity index (χ1n) is 6.89. The highest BCUT2D eigenvalue weighted by molar-refractivity contribution is 5.78. The summed E-state index contributed by atoms with van der Waals surface area (Å²) in [5.74, 6) is 0.331. The van der Waals surface area contributed by atoms with Crippen LogP contribution in [0.2, 0.25) is 0 Å². The van der Waals surface area contributed by atoms with Gasteiger partial charge in [-0.15, -0.1) is 0 Å². The molecule has 0 aliphatic rings. The van der Waals surface area contributed by atoms with Crippen molar-refractivity contribution < 1.29 is 19.8 Å². The number of likely N-dealkylation sites (N-methyl/N-ethyl adjacent to an activating group) is 1. The SMILES string of the molecule is CN(C)C(=O)Cc1ccc(Nc2ccc(O)cc2)cc1.O=CO. The summed E-state index contributed by atoms with van der Waals surface area (Å²) in [6, 6.07) is 14.6. The molecule has 0 radical (unpaired) electrons. The van der Waals surface area contributed by atoms with Gasteiger partial charge in [-0.3, -0.25) is 9.59 Å². The molecule has 2 rings (SSSR count). The Kier molecular flexibility index (Phi) is 7.13.